The predicted octanol–water partition coefficient (Wildman–Crippen LogP) is 4.19. The molecule has 0 fully saturated rings. The first-order chi connectivity index (χ1) is 12.7. The Balaban J connectivity index is 2.41. The van der Waals surface area contributed by atoms with Crippen molar-refractivity contribution in [2.45, 2.75) is 19.4 Å². The molecule has 0 saturated carbocycles. The molecule has 146 valence electrons. The van der Waals surface area contributed by atoms with E-state index in [4.69, 9.17) is 27.9 Å². The van der Waals surface area contributed by atoms with E-state index in [1.807, 2.05) is 0 Å². The number of carbonyl (C=O) groups excluding carboxylic acids is 1. The number of methoxy groups -OCH3 is 1. The average molecular weight is 431 g/mol. The van der Waals surface area contributed by atoms with Gasteiger partial charge in [0.1, 0.15) is 11.8 Å². The number of hydrogen-bond acceptors (Lipinski definition) is 4. The predicted molar refractivity (Wildman–Crippen MR) is 109 cm³/mol. The Morgan fingerprint density at radius 1 is 1.22 bits per heavy atom. The number of halogens is 2. The van der Waals surface area contributed by atoms with E-state index in [0.29, 0.717) is 16.5 Å². The highest BCUT2D eigenvalue weighted by Crippen LogP contribution is 2.32. The second-order valence-electron chi connectivity index (χ2n) is 5.80. The van der Waals surface area contributed by atoms with Gasteiger partial charge in [-0.1, -0.05) is 36.2 Å². The number of nitrogens with one attached hydrogen (secondary N) is 1. The van der Waals surface area contributed by atoms with Crippen LogP contribution in [-0.4, -0.2) is 33.7 Å². The van der Waals surface area contributed by atoms with Crippen LogP contribution in [0.1, 0.15) is 13.3 Å². The molecule has 0 spiro atoms. The highest BCUT2D eigenvalue weighted by Gasteiger charge is 2.32. The Kier molecular flexibility index (Phi) is 6.97. The van der Waals surface area contributed by atoms with Gasteiger partial charge in [-0.3, -0.25) is 9.10 Å². The van der Waals surface area contributed by atoms with Crippen molar-refractivity contribution in [3.05, 3.63) is 52.5 Å². The van der Waals surface area contributed by atoms with E-state index in [1.165, 1.54) is 13.2 Å². The number of ether oxygens (including phenoxy) is 1. The van der Waals surface area contributed by atoms with E-state index in [1.54, 1.807) is 43.3 Å². The smallest absolute Gasteiger partial charge is 0.248 e. The fraction of sp³-hybridized carbons (Fsp3) is 0.278. The van der Waals surface area contributed by atoms with E-state index in [9.17, 15) is 13.2 Å². The van der Waals surface area contributed by atoms with Gasteiger partial charge in [0.15, 0.2) is 0 Å². The maximum absolute atomic E-state index is 12.8. The van der Waals surface area contributed by atoms with Crippen molar-refractivity contribution in [3.8, 4) is 5.75 Å². The molecule has 6 nitrogen and oxygen atoms in total. The third-order valence-electron chi connectivity index (χ3n) is 3.81. The summed E-state index contributed by atoms with van der Waals surface area (Å²) in [4.78, 5) is 12.8. The quantitative estimate of drug-likeness (QED) is 0.714. The summed E-state index contributed by atoms with van der Waals surface area (Å²) in [6.45, 7) is 1.73. The zero-order valence-corrected chi connectivity index (χ0v) is 17.4. The van der Waals surface area contributed by atoms with Gasteiger partial charge in [0, 0.05) is 10.7 Å². The molecule has 0 aliphatic carbocycles. The molecule has 0 radical (unpaired) electrons. The Morgan fingerprint density at radius 2 is 1.93 bits per heavy atom. The summed E-state index contributed by atoms with van der Waals surface area (Å²) in [6.07, 6.45) is 1.30. The lowest BCUT2D eigenvalue weighted by Crippen LogP contribution is -2.47. The van der Waals surface area contributed by atoms with Crippen LogP contribution in [0.5, 0.6) is 5.75 Å². The standard InChI is InChI=1S/C18H20Cl2N2O4S/c1-4-16(18(23)21-13-7-5-6-12(19)10-13)22(27(3,24)25)14-8-9-17(26-2)15(20)11-14/h5-11,16H,4H2,1-3H3,(H,21,23)/t16-/m0/s1. The van der Waals surface area contributed by atoms with Crippen LogP contribution in [0.2, 0.25) is 10.0 Å². The highest BCUT2D eigenvalue weighted by atomic mass is 35.5. The second-order valence-corrected chi connectivity index (χ2v) is 8.50. The number of sulfonamides is 1. The molecular weight excluding hydrogens is 411 g/mol. The minimum absolute atomic E-state index is 0.244. The highest BCUT2D eigenvalue weighted by molar-refractivity contribution is 7.92. The molecule has 0 heterocycles. The van der Waals surface area contributed by atoms with Gasteiger partial charge in [-0.05, 0) is 42.8 Å². The fourth-order valence-corrected chi connectivity index (χ4v) is 4.29. The maximum atomic E-state index is 12.8. The Hall–Kier alpha value is -1.96. The van der Waals surface area contributed by atoms with Crippen LogP contribution in [0, 0.1) is 0 Å². The number of hydrogen-bond donors (Lipinski definition) is 1. The Labute approximate surface area is 169 Å². The van der Waals surface area contributed by atoms with E-state index < -0.39 is 22.0 Å². The Bertz CT molecular complexity index is 935. The first-order valence-corrected chi connectivity index (χ1v) is 10.7. The molecule has 0 bridgehead atoms. The lowest BCUT2D eigenvalue weighted by atomic mass is 10.1. The summed E-state index contributed by atoms with van der Waals surface area (Å²) in [5.41, 5.74) is 0.753. The second kappa shape index (κ2) is 8.82. The van der Waals surface area contributed by atoms with Crippen molar-refractivity contribution in [1.82, 2.24) is 0 Å². The van der Waals surface area contributed by atoms with Gasteiger partial charge < -0.3 is 10.1 Å². The largest absolute Gasteiger partial charge is 0.495 e. The SMILES string of the molecule is CC[C@@H](C(=O)Nc1cccc(Cl)c1)N(c1ccc(OC)c(Cl)c1)S(C)(=O)=O. The molecule has 0 aliphatic rings. The van der Waals surface area contributed by atoms with Crippen molar-refractivity contribution in [3.63, 3.8) is 0 Å². The van der Waals surface area contributed by atoms with E-state index in [-0.39, 0.29) is 17.1 Å². The number of nitrogens with zero attached hydrogens (tertiary/aromatic N) is 1. The van der Waals surface area contributed by atoms with Crippen LogP contribution in [0.15, 0.2) is 42.5 Å². The van der Waals surface area contributed by atoms with Gasteiger partial charge in [0.05, 0.1) is 24.1 Å². The van der Waals surface area contributed by atoms with Crippen molar-refractivity contribution in [2.24, 2.45) is 0 Å². The van der Waals surface area contributed by atoms with Gasteiger partial charge in [0.2, 0.25) is 15.9 Å². The van der Waals surface area contributed by atoms with Gasteiger partial charge in [-0.15, -0.1) is 0 Å². The lowest BCUT2D eigenvalue weighted by molar-refractivity contribution is -0.117. The first kappa shape index (κ1) is 21.3. The average Bonchev–Trinajstić information content (AvgIpc) is 2.58. The molecule has 2 rings (SSSR count). The Morgan fingerprint density at radius 3 is 2.44 bits per heavy atom. The molecule has 0 saturated heterocycles. The molecule has 0 aromatic heterocycles. The molecular formula is C18H20Cl2N2O4S. The minimum atomic E-state index is -3.76. The number of amides is 1. The molecule has 2 aromatic carbocycles. The van der Waals surface area contributed by atoms with Crippen molar-refractivity contribution in [1.29, 1.82) is 0 Å². The first-order valence-electron chi connectivity index (χ1n) is 8.06. The summed E-state index contributed by atoms with van der Waals surface area (Å²) < 4.78 is 31.1. The molecule has 1 N–H and O–H groups in total. The minimum Gasteiger partial charge on any atom is -0.495 e. The maximum Gasteiger partial charge on any atom is 0.248 e. The third-order valence-corrected chi connectivity index (χ3v) is 5.52. The van der Waals surface area contributed by atoms with Gasteiger partial charge in [0.25, 0.3) is 0 Å². The van der Waals surface area contributed by atoms with Gasteiger partial charge in [-0.25, -0.2) is 8.42 Å². The normalized spacial score (nSPS) is 12.3. The third kappa shape index (κ3) is 5.28. The summed E-state index contributed by atoms with van der Waals surface area (Å²) in [5, 5.41) is 3.41. The molecule has 9 heteroatoms. The molecule has 0 aliphatic heterocycles. The van der Waals surface area contributed by atoms with Crippen LogP contribution in [-0.2, 0) is 14.8 Å². The molecule has 1 atom stereocenters. The monoisotopic (exact) mass is 430 g/mol. The summed E-state index contributed by atoms with van der Waals surface area (Å²) in [7, 11) is -2.30. The number of anilines is 2. The van der Waals surface area contributed by atoms with Crippen molar-refractivity contribution >= 4 is 50.5 Å². The van der Waals surface area contributed by atoms with E-state index in [2.05, 4.69) is 5.32 Å². The van der Waals surface area contributed by atoms with Crippen LogP contribution >= 0.6 is 23.2 Å². The topological polar surface area (TPSA) is 75.7 Å². The van der Waals surface area contributed by atoms with Crippen LogP contribution < -0.4 is 14.4 Å². The zero-order valence-electron chi connectivity index (χ0n) is 15.1. The van der Waals surface area contributed by atoms with E-state index in [0.717, 1.165) is 10.6 Å². The molecule has 1 amide bonds. The molecule has 27 heavy (non-hydrogen) atoms. The number of carbonyl (C=O) groups is 1. The summed E-state index contributed by atoms with van der Waals surface area (Å²) >= 11 is 12.1. The van der Waals surface area contributed by atoms with Crippen molar-refractivity contribution in [2.75, 3.05) is 23.0 Å². The number of rotatable bonds is 7. The zero-order chi connectivity index (χ0) is 20.2. The van der Waals surface area contributed by atoms with Crippen molar-refractivity contribution < 1.29 is 17.9 Å². The van der Waals surface area contributed by atoms with Crippen LogP contribution in [0.25, 0.3) is 0 Å². The summed E-state index contributed by atoms with van der Waals surface area (Å²) in [6, 6.07) is 10.2. The molecule has 0 unspecified atom stereocenters. The van der Waals surface area contributed by atoms with E-state index >= 15 is 0 Å². The molecule has 2 aromatic rings. The summed E-state index contributed by atoms with van der Waals surface area (Å²) in [5.74, 6) is -0.0672. The number of benzene rings is 2. The van der Waals surface area contributed by atoms with Crippen LogP contribution in [0.3, 0.4) is 0 Å². The van der Waals surface area contributed by atoms with Gasteiger partial charge in [-0.2, -0.15) is 0 Å². The van der Waals surface area contributed by atoms with Crippen LogP contribution in [0.4, 0.5) is 11.4 Å². The fourth-order valence-electron chi connectivity index (χ4n) is 2.64. The lowest BCUT2D eigenvalue weighted by Gasteiger charge is -2.30. The van der Waals surface area contributed by atoms with Gasteiger partial charge >= 0.3 is 0 Å².